The van der Waals surface area contributed by atoms with Crippen LogP contribution in [0.15, 0.2) is 0 Å². The van der Waals surface area contributed by atoms with Gasteiger partial charge in [0.05, 0.1) is 16.4 Å². The summed E-state index contributed by atoms with van der Waals surface area (Å²) in [7, 11) is 0. The number of hydrogen-bond acceptors (Lipinski definition) is 3. The molecule has 1 aromatic heterocycles. The summed E-state index contributed by atoms with van der Waals surface area (Å²) < 4.78 is 2.02. The van der Waals surface area contributed by atoms with E-state index >= 15 is 0 Å². The Morgan fingerprint density at radius 2 is 2.26 bits per heavy atom. The van der Waals surface area contributed by atoms with Crippen molar-refractivity contribution >= 4 is 11.6 Å². The number of likely N-dealkylation sites (tertiary alicyclic amines) is 1. The summed E-state index contributed by atoms with van der Waals surface area (Å²) in [5.41, 5.74) is 8.12. The highest BCUT2D eigenvalue weighted by atomic mass is 35.5. The maximum atomic E-state index is 6.38. The quantitative estimate of drug-likeness (QED) is 0.924. The molecule has 1 aromatic rings. The highest BCUT2D eigenvalue weighted by Crippen LogP contribution is 2.25. The molecular weight excluding hydrogens is 260 g/mol. The minimum atomic E-state index is 0.274. The van der Waals surface area contributed by atoms with Crippen LogP contribution in [-0.2, 0) is 13.1 Å². The van der Waals surface area contributed by atoms with Gasteiger partial charge < -0.3 is 5.73 Å². The first-order valence-electron chi connectivity index (χ1n) is 7.22. The molecule has 2 N–H and O–H groups in total. The number of piperidine rings is 1. The molecule has 19 heavy (non-hydrogen) atoms. The molecule has 1 aliphatic heterocycles. The Morgan fingerprint density at radius 1 is 1.53 bits per heavy atom. The predicted octanol–water partition coefficient (Wildman–Crippen LogP) is 2.42. The van der Waals surface area contributed by atoms with E-state index in [1.54, 1.807) is 0 Å². The van der Waals surface area contributed by atoms with Gasteiger partial charge in [0.2, 0.25) is 0 Å². The summed E-state index contributed by atoms with van der Waals surface area (Å²) in [4.78, 5) is 2.46. The van der Waals surface area contributed by atoms with Crippen LogP contribution in [0.4, 0.5) is 0 Å². The van der Waals surface area contributed by atoms with Crippen molar-refractivity contribution in [3.63, 3.8) is 0 Å². The first kappa shape index (κ1) is 14.8. The highest BCUT2D eigenvalue weighted by molar-refractivity contribution is 6.31. The largest absolute Gasteiger partial charge is 0.328 e. The normalized spacial score (nSPS) is 22.7. The van der Waals surface area contributed by atoms with Gasteiger partial charge >= 0.3 is 0 Å². The molecule has 2 atom stereocenters. The fraction of sp³-hybridized carbons (Fsp3) is 0.786. The summed E-state index contributed by atoms with van der Waals surface area (Å²) >= 11 is 6.38. The van der Waals surface area contributed by atoms with Crippen LogP contribution in [0.25, 0.3) is 0 Å². The van der Waals surface area contributed by atoms with Crippen LogP contribution < -0.4 is 5.73 Å². The molecule has 4 nitrogen and oxygen atoms in total. The second-order valence-corrected chi connectivity index (χ2v) is 6.04. The molecule has 0 amide bonds. The van der Waals surface area contributed by atoms with E-state index in [1.807, 2.05) is 11.6 Å². The Labute approximate surface area is 120 Å². The molecule has 0 aromatic carbocycles. The molecule has 0 radical (unpaired) electrons. The summed E-state index contributed by atoms with van der Waals surface area (Å²) in [6.07, 6.45) is 2.47. The molecule has 2 heterocycles. The van der Waals surface area contributed by atoms with Crippen LogP contribution in [0.2, 0.25) is 5.02 Å². The summed E-state index contributed by atoms with van der Waals surface area (Å²) in [5.74, 6) is 0.603. The van der Waals surface area contributed by atoms with Crippen LogP contribution in [0.5, 0.6) is 0 Å². The molecule has 108 valence electrons. The van der Waals surface area contributed by atoms with E-state index in [0.29, 0.717) is 5.92 Å². The zero-order valence-electron chi connectivity index (χ0n) is 12.2. The maximum Gasteiger partial charge on any atom is 0.0860 e. The second-order valence-electron chi connectivity index (χ2n) is 5.66. The first-order valence-corrected chi connectivity index (χ1v) is 7.60. The maximum absolute atomic E-state index is 6.38. The Balaban J connectivity index is 2.08. The lowest BCUT2D eigenvalue weighted by molar-refractivity contribution is 0.151. The van der Waals surface area contributed by atoms with Gasteiger partial charge in [-0.2, -0.15) is 5.10 Å². The van der Waals surface area contributed by atoms with Crippen molar-refractivity contribution in [2.45, 2.75) is 52.7 Å². The third kappa shape index (κ3) is 3.30. The van der Waals surface area contributed by atoms with Crippen molar-refractivity contribution in [1.82, 2.24) is 14.7 Å². The van der Waals surface area contributed by atoms with Crippen LogP contribution in [-0.4, -0.2) is 33.8 Å². The molecule has 0 saturated carbocycles. The number of nitrogens with zero attached hydrogens (tertiary/aromatic N) is 3. The fourth-order valence-corrected chi connectivity index (χ4v) is 3.09. The number of rotatable bonds is 4. The third-order valence-electron chi connectivity index (χ3n) is 4.11. The standard InChI is InChI=1S/C14H25ClN4/c1-4-19-13(14(15)11(3)17-19)9-18-7-5-6-12(8-18)10(2)16/h10,12H,4-9,16H2,1-3H3. The van der Waals surface area contributed by atoms with Crippen molar-refractivity contribution in [1.29, 1.82) is 0 Å². The molecule has 1 fully saturated rings. The Kier molecular flexibility index (Phi) is 4.87. The average molecular weight is 285 g/mol. The van der Waals surface area contributed by atoms with Gasteiger partial charge in [-0.15, -0.1) is 0 Å². The van der Waals surface area contributed by atoms with Crippen LogP contribution in [0.1, 0.15) is 38.1 Å². The van der Waals surface area contributed by atoms with Crippen molar-refractivity contribution in [2.24, 2.45) is 11.7 Å². The van der Waals surface area contributed by atoms with Gasteiger partial charge in [0.15, 0.2) is 0 Å². The zero-order chi connectivity index (χ0) is 14.0. The molecule has 1 saturated heterocycles. The topological polar surface area (TPSA) is 47.1 Å². The van der Waals surface area contributed by atoms with E-state index in [-0.39, 0.29) is 6.04 Å². The third-order valence-corrected chi connectivity index (χ3v) is 4.60. The molecule has 2 rings (SSSR count). The Morgan fingerprint density at radius 3 is 2.89 bits per heavy atom. The van der Waals surface area contributed by atoms with E-state index in [0.717, 1.165) is 42.6 Å². The van der Waals surface area contributed by atoms with Crippen molar-refractivity contribution in [2.75, 3.05) is 13.1 Å². The van der Waals surface area contributed by atoms with E-state index < -0.39 is 0 Å². The lowest BCUT2D eigenvalue weighted by Gasteiger charge is -2.34. The number of hydrogen-bond donors (Lipinski definition) is 1. The zero-order valence-corrected chi connectivity index (χ0v) is 13.0. The lowest BCUT2D eigenvalue weighted by Crippen LogP contribution is -2.42. The first-order chi connectivity index (χ1) is 9.02. The van der Waals surface area contributed by atoms with Gasteiger partial charge in [-0.25, -0.2) is 0 Å². The fourth-order valence-electron chi connectivity index (χ4n) is 2.90. The average Bonchev–Trinajstić information content (AvgIpc) is 2.67. The Hall–Kier alpha value is -0.580. The number of aromatic nitrogens is 2. The summed E-state index contributed by atoms with van der Waals surface area (Å²) in [6.45, 7) is 10.1. The highest BCUT2D eigenvalue weighted by Gasteiger charge is 2.24. The molecule has 0 bridgehead atoms. The minimum Gasteiger partial charge on any atom is -0.328 e. The molecule has 1 aliphatic rings. The SMILES string of the molecule is CCn1nc(C)c(Cl)c1CN1CCCC(C(C)N)C1. The van der Waals surface area contributed by atoms with E-state index in [1.165, 1.54) is 12.8 Å². The van der Waals surface area contributed by atoms with Gasteiger partial charge in [0.25, 0.3) is 0 Å². The van der Waals surface area contributed by atoms with Gasteiger partial charge in [0.1, 0.15) is 0 Å². The van der Waals surface area contributed by atoms with Crippen molar-refractivity contribution < 1.29 is 0 Å². The van der Waals surface area contributed by atoms with Crippen molar-refractivity contribution in [3.05, 3.63) is 16.4 Å². The van der Waals surface area contributed by atoms with Gasteiger partial charge in [0, 0.05) is 25.7 Å². The van der Waals surface area contributed by atoms with Crippen LogP contribution in [0.3, 0.4) is 0 Å². The minimum absolute atomic E-state index is 0.274. The number of halogens is 1. The van der Waals surface area contributed by atoms with Gasteiger partial charge in [-0.05, 0) is 46.1 Å². The molecule has 2 unspecified atom stereocenters. The summed E-state index contributed by atoms with van der Waals surface area (Å²) in [5, 5.41) is 5.31. The van der Waals surface area contributed by atoms with Crippen molar-refractivity contribution in [3.8, 4) is 0 Å². The van der Waals surface area contributed by atoms with E-state index in [4.69, 9.17) is 17.3 Å². The molecule has 0 aliphatic carbocycles. The number of nitrogens with two attached hydrogens (primary N) is 1. The van der Waals surface area contributed by atoms with Crippen LogP contribution in [0, 0.1) is 12.8 Å². The lowest BCUT2D eigenvalue weighted by atomic mass is 9.92. The summed E-state index contributed by atoms with van der Waals surface area (Å²) in [6, 6.07) is 0.274. The number of aryl methyl sites for hydroxylation is 2. The Bertz CT molecular complexity index is 427. The smallest absolute Gasteiger partial charge is 0.0860 e. The van der Waals surface area contributed by atoms with Gasteiger partial charge in [-0.3, -0.25) is 9.58 Å². The predicted molar refractivity (Wildman–Crippen MR) is 79.3 cm³/mol. The van der Waals surface area contributed by atoms with E-state index in [9.17, 15) is 0 Å². The second kappa shape index (κ2) is 6.25. The van der Waals surface area contributed by atoms with E-state index in [2.05, 4.69) is 23.8 Å². The molecular formula is C14H25ClN4. The molecule has 0 spiro atoms. The van der Waals surface area contributed by atoms with Gasteiger partial charge in [-0.1, -0.05) is 11.6 Å². The molecule has 5 heteroatoms. The van der Waals surface area contributed by atoms with Crippen LogP contribution >= 0.6 is 11.6 Å². The monoisotopic (exact) mass is 284 g/mol.